The van der Waals surface area contributed by atoms with E-state index in [1.165, 1.54) is 37.7 Å². The van der Waals surface area contributed by atoms with Crippen LogP contribution >= 0.6 is 0 Å². The molecule has 0 saturated heterocycles. The van der Waals surface area contributed by atoms with Crippen LogP contribution in [0.15, 0.2) is 18.2 Å². The summed E-state index contributed by atoms with van der Waals surface area (Å²) in [5.41, 5.74) is 1.04. The lowest BCUT2D eigenvalue weighted by Crippen LogP contribution is -2.44. The van der Waals surface area contributed by atoms with Gasteiger partial charge in [-0.2, -0.15) is 0 Å². The molecule has 3 nitrogen and oxygen atoms in total. The normalized spacial score (nSPS) is 25.4. The van der Waals surface area contributed by atoms with E-state index >= 15 is 0 Å². The van der Waals surface area contributed by atoms with Gasteiger partial charge in [0.2, 0.25) is 0 Å². The first-order valence-corrected chi connectivity index (χ1v) is 8.20. The number of rotatable bonds is 2. The highest BCUT2D eigenvalue weighted by Crippen LogP contribution is 2.44. The zero-order valence-corrected chi connectivity index (χ0v) is 13.4. The molecule has 3 heteroatoms. The van der Waals surface area contributed by atoms with E-state index in [0.29, 0.717) is 12.1 Å². The lowest BCUT2D eigenvalue weighted by Gasteiger charge is -2.44. The first kappa shape index (κ1) is 14.7. The number of aromatic hydroxyl groups is 1. The van der Waals surface area contributed by atoms with Crippen LogP contribution in [-0.4, -0.2) is 28.7 Å². The lowest BCUT2D eigenvalue weighted by molar-refractivity contribution is 0.0189. The average molecular weight is 289 g/mol. The topological polar surface area (TPSA) is 32.7 Å². The van der Waals surface area contributed by atoms with Crippen LogP contribution in [0.5, 0.6) is 11.5 Å². The molecule has 116 valence electrons. The predicted molar refractivity (Wildman–Crippen MR) is 84.8 cm³/mol. The van der Waals surface area contributed by atoms with E-state index < -0.39 is 0 Å². The Morgan fingerprint density at radius 3 is 2.62 bits per heavy atom. The number of nitrogens with zero attached hydrogens (tertiary/aromatic N) is 1. The third-order valence-corrected chi connectivity index (χ3v) is 5.07. The van der Waals surface area contributed by atoms with Gasteiger partial charge in [-0.1, -0.05) is 25.3 Å². The Hall–Kier alpha value is -1.22. The molecule has 1 saturated carbocycles. The lowest BCUT2D eigenvalue weighted by atomic mass is 9.86. The van der Waals surface area contributed by atoms with Gasteiger partial charge in [-0.25, -0.2) is 0 Å². The first-order valence-electron chi connectivity index (χ1n) is 8.20. The van der Waals surface area contributed by atoms with Gasteiger partial charge in [-0.3, -0.25) is 4.90 Å². The second-order valence-electron chi connectivity index (χ2n) is 7.26. The smallest absolute Gasteiger partial charge is 0.128 e. The van der Waals surface area contributed by atoms with Crippen LogP contribution in [0.1, 0.15) is 64.0 Å². The Kier molecular flexibility index (Phi) is 3.87. The highest BCUT2D eigenvalue weighted by Gasteiger charge is 2.37. The molecule has 1 N–H and O–H groups in total. The summed E-state index contributed by atoms with van der Waals surface area (Å²) in [6.07, 6.45) is 7.70. The number of hydrogen-bond acceptors (Lipinski definition) is 3. The molecule has 0 amide bonds. The monoisotopic (exact) mass is 289 g/mol. The quantitative estimate of drug-likeness (QED) is 0.883. The number of phenols is 1. The van der Waals surface area contributed by atoms with E-state index in [0.717, 1.165) is 12.2 Å². The van der Waals surface area contributed by atoms with Gasteiger partial charge in [0.1, 0.15) is 17.1 Å². The van der Waals surface area contributed by atoms with E-state index in [2.05, 4.69) is 25.8 Å². The number of ether oxygens (including phenoxy) is 1. The summed E-state index contributed by atoms with van der Waals surface area (Å²) >= 11 is 0. The second kappa shape index (κ2) is 5.53. The number of fused-ring (bicyclic) bond motifs is 1. The standard InChI is InChI=1S/C18H27NO2/c1-18(2)12-16(19(3)13-7-5-4-6-8-13)15-10-9-14(20)11-17(15)21-18/h9-11,13,16,20H,4-8,12H2,1-3H3. The Labute approximate surface area is 127 Å². The SMILES string of the molecule is CN(C1CCCCC1)C1CC(C)(C)Oc2cc(O)ccc21. The van der Waals surface area contributed by atoms with Crippen molar-refractivity contribution in [3.63, 3.8) is 0 Å². The van der Waals surface area contributed by atoms with E-state index in [1.54, 1.807) is 12.1 Å². The fraction of sp³-hybridized carbons (Fsp3) is 0.667. The summed E-state index contributed by atoms with van der Waals surface area (Å²) in [7, 11) is 2.26. The Balaban J connectivity index is 1.90. The summed E-state index contributed by atoms with van der Waals surface area (Å²) in [6, 6.07) is 6.64. The molecular weight excluding hydrogens is 262 g/mol. The van der Waals surface area contributed by atoms with E-state index in [1.807, 2.05) is 6.07 Å². The van der Waals surface area contributed by atoms with Crippen LogP contribution in [-0.2, 0) is 0 Å². The maximum absolute atomic E-state index is 9.74. The van der Waals surface area contributed by atoms with Crippen LogP contribution in [0.25, 0.3) is 0 Å². The van der Waals surface area contributed by atoms with Crippen molar-refractivity contribution < 1.29 is 9.84 Å². The van der Waals surface area contributed by atoms with Gasteiger partial charge in [-0.15, -0.1) is 0 Å². The number of benzene rings is 1. The van der Waals surface area contributed by atoms with Crippen molar-refractivity contribution in [2.75, 3.05) is 7.05 Å². The molecule has 3 rings (SSSR count). The van der Waals surface area contributed by atoms with Gasteiger partial charge >= 0.3 is 0 Å². The van der Waals surface area contributed by atoms with Gasteiger partial charge < -0.3 is 9.84 Å². The summed E-state index contributed by atoms with van der Waals surface area (Å²) < 4.78 is 6.08. The summed E-state index contributed by atoms with van der Waals surface area (Å²) in [5, 5.41) is 9.74. The van der Waals surface area contributed by atoms with Crippen LogP contribution in [0.4, 0.5) is 0 Å². The Bertz CT molecular complexity index is 506. The Morgan fingerprint density at radius 2 is 1.90 bits per heavy atom. The number of hydrogen-bond donors (Lipinski definition) is 1. The van der Waals surface area contributed by atoms with Crippen LogP contribution in [0, 0.1) is 0 Å². The van der Waals surface area contributed by atoms with Crippen molar-refractivity contribution in [2.24, 2.45) is 0 Å². The molecule has 0 radical (unpaired) electrons. The molecule has 1 aromatic rings. The molecular formula is C18H27NO2. The van der Waals surface area contributed by atoms with E-state index in [-0.39, 0.29) is 11.4 Å². The van der Waals surface area contributed by atoms with Crippen molar-refractivity contribution in [1.82, 2.24) is 4.90 Å². The molecule has 1 atom stereocenters. The minimum atomic E-state index is -0.186. The van der Waals surface area contributed by atoms with Gasteiger partial charge in [0.25, 0.3) is 0 Å². The zero-order chi connectivity index (χ0) is 15.0. The van der Waals surface area contributed by atoms with Crippen LogP contribution < -0.4 is 4.74 Å². The third kappa shape index (κ3) is 3.03. The van der Waals surface area contributed by atoms with E-state index in [9.17, 15) is 5.11 Å². The largest absolute Gasteiger partial charge is 0.508 e. The summed E-state index contributed by atoms with van der Waals surface area (Å²) in [5.74, 6) is 1.13. The Morgan fingerprint density at radius 1 is 1.19 bits per heavy atom. The summed E-state index contributed by atoms with van der Waals surface area (Å²) in [6.45, 7) is 4.28. The predicted octanol–water partition coefficient (Wildman–Crippen LogP) is 4.26. The molecule has 2 aliphatic rings. The third-order valence-electron chi connectivity index (χ3n) is 5.07. The van der Waals surface area contributed by atoms with Crippen LogP contribution in [0.2, 0.25) is 0 Å². The van der Waals surface area contributed by atoms with Crippen molar-refractivity contribution in [1.29, 1.82) is 0 Å². The minimum Gasteiger partial charge on any atom is -0.508 e. The first-order chi connectivity index (χ1) is 9.96. The summed E-state index contributed by atoms with van der Waals surface area (Å²) in [4.78, 5) is 2.55. The molecule has 1 aliphatic carbocycles. The van der Waals surface area contributed by atoms with Crippen molar-refractivity contribution >= 4 is 0 Å². The van der Waals surface area contributed by atoms with Crippen molar-refractivity contribution in [2.45, 2.75) is 70.1 Å². The van der Waals surface area contributed by atoms with Crippen molar-refractivity contribution in [3.8, 4) is 11.5 Å². The maximum atomic E-state index is 9.74. The highest BCUT2D eigenvalue weighted by atomic mass is 16.5. The molecule has 1 aromatic carbocycles. The average Bonchev–Trinajstić information content (AvgIpc) is 2.45. The van der Waals surface area contributed by atoms with Gasteiger partial charge in [0.05, 0.1) is 0 Å². The minimum absolute atomic E-state index is 0.186. The molecule has 0 bridgehead atoms. The maximum Gasteiger partial charge on any atom is 0.128 e. The number of phenolic OH excluding ortho intramolecular Hbond substituents is 1. The van der Waals surface area contributed by atoms with Crippen molar-refractivity contribution in [3.05, 3.63) is 23.8 Å². The zero-order valence-electron chi connectivity index (χ0n) is 13.4. The molecule has 1 aliphatic heterocycles. The highest BCUT2D eigenvalue weighted by molar-refractivity contribution is 5.44. The molecule has 0 aromatic heterocycles. The molecule has 0 spiro atoms. The molecule has 1 fully saturated rings. The van der Waals surface area contributed by atoms with Gasteiger partial charge in [0, 0.05) is 30.1 Å². The van der Waals surface area contributed by atoms with Crippen LogP contribution in [0.3, 0.4) is 0 Å². The molecule has 21 heavy (non-hydrogen) atoms. The van der Waals surface area contributed by atoms with E-state index in [4.69, 9.17) is 4.74 Å². The molecule has 1 unspecified atom stereocenters. The fourth-order valence-electron chi connectivity index (χ4n) is 3.91. The van der Waals surface area contributed by atoms with Gasteiger partial charge in [-0.05, 0) is 39.8 Å². The van der Waals surface area contributed by atoms with Gasteiger partial charge in [0.15, 0.2) is 0 Å². The second-order valence-corrected chi connectivity index (χ2v) is 7.26. The molecule has 1 heterocycles. The fourth-order valence-corrected chi connectivity index (χ4v) is 3.91.